The zero-order chi connectivity index (χ0) is 10.9. The van der Waals surface area contributed by atoms with Crippen molar-refractivity contribution in [2.24, 2.45) is 0 Å². The molecule has 1 aromatic heterocycles. The Hall–Kier alpha value is -1.53. The van der Waals surface area contributed by atoms with Crippen LogP contribution in [0.3, 0.4) is 0 Å². The highest BCUT2D eigenvalue weighted by Gasteiger charge is 2.31. The third kappa shape index (κ3) is 2.48. The summed E-state index contributed by atoms with van der Waals surface area (Å²) >= 11 is 0. The molecule has 1 rings (SSSR count). The molecule has 7 heteroatoms. The molecule has 0 aromatic carbocycles. The van der Waals surface area contributed by atoms with Crippen LogP contribution in [0, 0.1) is 12.7 Å². The summed E-state index contributed by atoms with van der Waals surface area (Å²) < 4.78 is 51.1. The van der Waals surface area contributed by atoms with Crippen molar-refractivity contribution >= 4 is 0 Å². The van der Waals surface area contributed by atoms with Crippen LogP contribution in [0.5, 0.6) is 5.88 Å². The molecular formula is C7H5F4NO2. The number of pyridine rings is 1. The van der Waals surface area contributed by atoms with Crippen LogP contribution in [0.4, 0.5) is 17.6 Å². The van der Waals surface area contributed by atoms with Gasteiger partial charge in [0.15, 0.2) is 5.82 Å². The van der Waals surface area contributed by atoms with E-state index < -0.39 is 23.6 Å². The Morgan fingerprint density at radius 2 is 2.00 bits per heavy atom. The van der Waals surface area contributed by atoms with Crippen molar-refractivity contribution in [2.45, 2.75) is 13.3 Å². The van der Waals surface area contributed by atoms with Crippen LogP contribution in [-0.4, -0.2) is 11.3 Å². The molecule has 0 amide bonds. The first-order valence-corrected chi connectivity index (χ1v) is 3.45. The Balaban J connectivity index is 3.08. The number of aromatic amines is 1. The number of ether oxygens (including phenoxy) is 1. The van der Waals surface area contributed by atoms with E-state index in [9.17, 15) is 22.4 Å². The predicted molar refractivity (Wildman–Crippen MR) is 38.4 cm³/mol. The summed E-state index contributed by atoms with van der Waals surface area (Å²) in [6.07, 6.45) is -4.91. The molecule has 14 heavy (non-hydrogen) atoms. The minimum atomic E-state index is -4.91. The van der Waals surface area contributed by atoms with Crippen LogP contribution in [0.1, 0.15) is 5.56 Å². The predicted octanol–water partition coefficient (Wildman–Crippen LogP) is 1.72. The molecule has 1 N–H and O–H groups in total. The van der Waals surface area contributed by atoms with Gasteiger partial charge in [-0.05, 0) is 12.5 Å². The number of aryl methyl sites for hydroxylation is 1. The Morgan fingerprint density at radius 1 is 1.43 bits per heavy atom. The van der Waals surface area contributed by atoms with Gasteiger partial charge in [-0.15, -0.1) is 13.2 Å². The molecule has 0 unspecified atom stereocenters. The zero-order valence-electron chi connectivity index (χ0n) is 6.91. The van der Waals surface area contributed by atoms with E-state index in [-0.39, 0.29) is 5.56 Å². The lowest BCUT2D eigenvalue weighted by atomic mass is 10.3. The number of hydrogen-bond acceptors (Lipinski definition) is 2. The van der Waals surface area contributed by atoms with E-state index in [1.165, 1.54) is 0 Å². The molecule has 0 bridgehead atoms. The van der Waals surface area contributed by atoms with Crippen molar-refractivity contribution in [1.82, 2.24) is 4.98 Å². The van der Waals surface area contributed by atoms with Gasteiger partial charge in [-0.25, -0.2) is 4.39 Å². The average Bonchev–Trinajstić information content (AvgIpc) is 1.96. The van der Waals surface area contributed by atoms with Gasteiger partial charge in [-0.3, -0.25) is 9.78 Å². The summed E-state index contributed by atoms with van der Waals surface area (Å²) in [5.41, 5.74) is -1.46. The summed E-state index contributed by atoms with van der Waals surface area (Å²) in [5.74, 6) is -1.96. The van der Waals surface area contributed by atoms with Crippen molar-refractivity contribution in [3.05, 3.63) is 27.8 Å². The minimum Gasteiger partial charge on any atom is -0.390 e. The number of aromatic nitrogens is 1. The standard InChI is InChI=1S/C7H5F4NO2/c1-3-2-4(14-7(9,10)11)12-6(13)5(3)8/h2H,1H3,(H,12,13). The molecule has 0 spiro atoms. The van der Waals surface area contributed by atoms with Gasteiger partial charge in [0.05, 0.1) is 0 Å². The second-order valence-electron chi connectivity index (χ2n) is 2.51. The topological polar surface area (TPSA) is 42.1 Å². The van der Waals surface area contributed by atoms with E-state index in [1.807, 2.05) is 0 Å². The summed E-state index contributed by atoms with van der Waals surface area (Å²) in [7, 11) is 0. The van der Waals surface area contributed by atoms with Crippen LogP contribution in [0.25, 0.3) is 0 Å². The van der Waals surface area contributed by atoms with Gasteiger partial charge >= 0.3 is 6.36 Å². The summed E-state index contributed by atoms with van der Waals surface area (Å²) in [4.78, 5) is 12.3. The number of hydrogen-bond donors (Lipinski definition) is 1. The monoisotopic (exact) mass is 211 g/mol. The lowest BCUT2D eigenvalue weighted by molar-refractivity contribution is -0.276. The highest BCUT2D eigenvalue weighted by atomic mass is 19.4. The normalized spacial score (nSPS) is 11.5. The minimum absolute atomic E-state index is 0.215. The van der Waals surface area contributed by atoms with Gasteiger partial charge in [-0.2, -0.15) is 0 Å². The van der Waals surface area contributed by atoms with Gasteiger partial charge < -0.3 is 4.74 Å². The smallest absolute Gasteiger partial charge is 0.390 e. The number of rotatable bonds is 1. The molecule has 0 radical (unpaired) electrons. The molecule has 0 saturated carbocycles. The molecule has 1 aromatic rings. The first-order valence-electron chi connectivity index (χ1n) is 3.45. The zero-order valence-corrected chi connectivity index (χ0v) is 6.91. The molecule has 0 atom stereocenters. The maximum atomic E-state index is 12.7. The molecule has 0 aliphatic carbocycles. The molecule has 0 aliphatic heterocycles. The molecule has 0 aliphatic rings. The molecule has 1 heterocycles. The quantitative estimate of drug-likeness (QED) is 0.718. The van der Waals surface area contributed by atoms with Crippen LogP contribution in [0.2, 0.25) is 0 Å². The third-order valence-corrected chi connectivity index (χ3v) is 1.36. The SMILES string of the molecule is Cc1cc(OC(F)(F)F)[nH]c(=O)c1F. The average molecular weight is 211 g/mol. The van der Waals surface area contributed by atoms with Crippen molar-refractivity contribution < 1.29 is 22.3 Å². The first-order chi connectivity index (χ1) is 6.29. The molecule has 0 fully saturated rings. The molecule has 0 saturated heterocycles. The van der Waals surface area contributed by atoms with Crippen LogP contribution in [0.15, 0.2) is 10.9 Å². The van der Waals surface area contributed by atoms with Gasteiger partial charge in [0.1, 0.15) is 0 Å². The van der Waals surface area contributed by atoms with Crippen LogP contribution >= 0.6 is 0 Å². The molecule has 3 nitrogen and oxygen atoms in total. The largest absolute Gasteiger partial charge is 0.574 e. The van der Waals surface area contributed by atoms with E-state index in [0.717, 1.165) is 13.0 Å². The maximum absolute atomic E-state index is 12.7. The fourth-order valence-corrected chi connectivity index (χ4v) is 0.822. The third-order valence-electron chi connectivity index (χ3n) is 1.36. The number of alkyl halides is 3. The first kappa shape index (κ1) is 10.6. The van der Waals surface area contributed by atoms with Crippen molar-refractivity contribution in [1.29, 1.82) is 0 Å². The van der Waals surface area contributed by atoms with Crippen LogP contribution in [-0.2, 0) is 0 Å². The van der Waals surface area contributed by atoms with Gasteiger partial charge in [0, 0.05) is 6.07 Å². The van der Waals surface area contributed by atoms with Gasteiger partial charge in [0.2, 0.25) is 5.88 Å². The van der Waals surface area contributed by atoms with E-state index >= 15 is 0 Å². The highest BCUT2D eigenvalue weighted by molar-refractivity contribution is 5.20. The Kier molecular flexibility index (Phi) is 2.50. The Morgan fingerprint density at radius 3 is 2.43 bits per heavy atom. The van der Waals surface area contributed by atoms with E-state index in [1.54, 1.807) is 4.98 Å². The van der Waals surface area contributed by atoms with Gasteiger partial charge in [-0.1, -0.05) is 0 Å². The second kappa shape index (κ2) is 3.32. The van der Waals surface area contributed by atoms with E-state index in [4.69, 9.17) is 0 Å². The van der Waals surface area contributed by atoms with Crippen molar-refractivity contribution in [3.8, 4) is 5.88 Å². The number of halogens is 4. The van der Waals surface area contributed by atoms with E-state index in [0.29, 0.717) is 0 Å². The summed E-state index contributed by atoms with van der Waals surface area (Å²) in [6.45, 7) is 1.16. The van der Waals surface area contributed by atoms with Crippen LogP contribution < -0.4 is 10.3 Å². The highest BCUT2D eigenvalue weighted by Crippen LogP contribution is 2.20. The molecule has 78 valence electrons. The van der Waals surface area contributed by atoms with E-state index in [2.05, 4.69) is 4.74 Å². The second-order valence-corrected chi connectivity index (χ2v) is 2.51. The van der Waals surface area contributed by atoms with Gasteiger partial charge in [0.25, 0.3) is 5.56 Å². The summed E-state index contributed by atoms with van der Waals surface area (Å²) in [5, 5.41) is 0. The van der Waals surface area contributed by atoms with Crippen molar-refractivity contribution in [2.75, 3.05) is 0 Å². The lowest BCUT2D eigenvalue weighted by Crippen LogP contribution is -2.21. The van der Waals surface area contributed by atoms with Crippen molar-refractivity contribution in [3.63, 3.8) is 0 Å². The fraction of sp³-hybridized carbons (Fsp3) is 0.286. The summed E-state index contributed by atoms with van der Waals surface area (Å²) in [6, 6.07) is 0.754. The fourth-order valence-electron chi connectivity index (χ4n) is 0.822. The maximum Gasteiger partial charge on any atom is 0.574 e. The Labute approximate surface area is 75.3 Å². The number of H-pyrrole nitrogens is 1. The Bertz CT molecular complexity index is 396. The lowest BCUT2D eigenvalue weighted by Gasteiger charge is -2.08. The molecular weight excluding hydrogens is 206 g/mol. The number of nitrogens with one attached hydrogen (secondary N) is 1.